The number of rotatable bonds is 5. The number of hydrogen-bond donors (Lipinski definition) is 2. The molecular weight excluding hydrogens is 396 g/mol. The average Bonchev–Trinajstić information content (AvgIpc) is 3.07. The van der Waals surface area contributed by atoms with Gasteiger partial charge in [-0.15, -0.1) is 0 Å². The summed E-state index contributed by atoms with van der Waals surface area (Å²) in [6, 6.07) is 4.48. The van der Waals surface area contributed by atoms with Crippen molar-refractivity contribution in [3.8, 4) is 5.75 Å². The van der Waals surface area contributed by atoms with Gasteiger partial charge in [-0.3, -0.25) is 4.79 Å². The highest BCUT2D eigenvalue weighted by Crippen LogP contribution is 2.27. The van der Waals surface area contributed by atoms with Gasteiger partial charge in [-0.25, -0.2) is 9.78 Å². The molecule has 29 heavy (non-hydrogen) atoms. The normalized spacial score (nSPS) is 14.6. The van der Waals surface area contributed by atoms with Crippen molar-refractivity contribution in [1.82, 2.24) is 15.2 Å². The van der Waals surface area contributed by atoms with E-state index in [1.807, 2.05) is 4.90 Å². The van der Waals surface area contributed by atoms with Gasteiger partial charge in [-0.1, -0.05) is 18.5 Å². The Morgan fingerprint density at radius 2 is 2.07 bits per heavy atom. The third-order valence-electron chi connectivity index (χ3n) is 4.92. The number of amides is 3. The van der Waals surface area contributed by atoms with Crippen LogP contribution in [0.5, 0.6) is 5.75 Å². The van der Waals surface area contributed by atoms with Crippen LogP contribution in [0.1, 0.15) is 41.9 Å². The summed E-state index contributed by atoms with van der Waals surface area (Å²) in [4.78, 5) is 30.9. The maximum Gasteiger partial charge on any atom is 0.319 e. The Kier molecular flexibility index (Phi) is 6.64. The predicted octanol–water partition coefficient (Wildman–Crippen LogP) is 3.84. The van der Waals surface area contributed by atoms with E-state index in [-0.39, 0.29) is 18.3 Å². The molecule has 8 nitrogen and oxygen atoms in total. The van der Waals surface area contributed by atoms with Crippen LogP contribution in [-0.2, 0) is 6.54 Å². The van der Waals surface area contributed by atoms with Gasteiger partial charge in [-0.2, -0.15) is 0 Å². The summed E-state index contributed by atoms with van der Waals surface area (Å²) in [5.74, 6) is 1.76. The molecule has 2 aromatic rings. The molecule has 156 valence electrons. The number of nitrogens with one attached hydrogen (secondary N) is 2. The Labute approximate surface area is 174 Å². The van der Waals surface area contributed by atoms with E-state index in [0.717, 1.165) is 25.9 Å². The number of nitrogens with zero attached hydrogens (tertiary/aromatic N) is 2. The van der Waals surface area contributed by atoms with E-state index in [4.69, 9.17) is 20.8 Å². The number of hydrogen-bond acceptors (Lipinski definition) is 5. The summed E-state index contributed by atoms with van der Waals surface area (Å²) in [7, 11) is 1.52. The van der Waals surface area contributed by atoms with Gasteiger partial charge in [0.05, 0.1) is 18.7 Å². The summed E-state index contributed by atoms with van der Waals surface area (Å²) in [5, 5.41) is 5.72. The largest absolute Gasteiger partial charge is 0.495 e. The zero-order chi connectivity index (χ0) is 21.0. The second kappa shape index (κ2) is 9.17. The molecule has 9 heteroatoms. The molecule has 2 N–H and O–H groups in total. The van der Waals surface area contributed by atoms with E-state index < -0.39 is 6.03 Å². The number of aryl methyl sites for hydroxylation is 1. The minimum absolute atomic E-state index is 0.0564. The van der Waals surface area contributed by atoms with E-state index in [1.54, 1.807) is 25.1 Å². The fourth-order valence-electron chi connectivity index (χ4n) is 3.16. The molecule has 0 aliphatic carbocycles. The lowest BCUT2D eigenvalue weighted by Gasteiger charge is -2.29. The van der Waals surface area contributed by atoms with Gasteiger partial charge < -0.3 is 24.7 Å². The van der Waals surface area contributed by atoms with E-state index in [1.165, 1.54) is 7.11 Å². The smallest absolute Gasteiger partial charge is 0.319 e. The second-order valence-electron chi connectivity index (χ2n) is 7.14. The van der Waals surface area contributed by atoms with Crippen molar-refractivity contribution in [3.63, 3.8) is 0 Å². The van der Waals surface area contributed by atoms with Crippen LogP contribution in [0.15, 0.2) is 22.6 Å². The number of aromatic nitrogens is 1. The fourth-order valence-corrected chi connectivity index (χ4v) is 3.42. The number of halogens is 1. The Hall–Kier alpha value is -2.74. The first-order valence-corrected chi connectivity index (χ1v) is 9.89. The lowest BCUT2D eigenvalue weighted by atomic mass is 9.99. The third kappa shape index (κ3) is 5.20. The molecule has 0 unspecified atom stereocenters. The lowest BCUT2D eigenvalue weighted by molar-refractivity contribution is 0.0690. The number of piperidine rings is 1. The molecule has 3 rings (SSSR count). The number of ether oxygens (including phenoxy) is 1. The van der Waals surface area contributed by atoms with Crippen molar-refractivity contribution in [2.24, 2.45) is 5.92 Å². The minimum atomic E-state index is -0.444. The van der Waals surface area contributed by atoms with Crippen molar-refractivity contribution in [2.45, 2.75) is 33.2 Å². The van der Waals surface area contributed by atoms with Gasteiger partial charge >= 0.3 is 6.03 Å². The van der Waals surface area contributed by atoms with Crippen LogP contribution in [0, 0.1) is 12.8 Å². The Morgan fingerprint density at radius 3 is 2.72 bits per heavy atom. The molecule has 1 aliphatic rings. The molecule has 1 aromatic heterocycles. The minimum Gasteiger partial charge on any atom is -0.495 e. The maximum atomic E-state index is 12.7. The first-order valence-electron chi connectivity index (χ1n) is 9.51. The van der Waals surface area contributed by atoms with Crippen LogP contribution < -0.4 is 15.4 Å². The Morgan fingerprint density at radius 1 is 1.34 bits per heavy atom. The Bertz CT molecular complexity index is 891. The molecule has 0 radical (unpaired) electrons. The molecule has 1 aliphatic heterocycles. The highest BCUT2D eigenvalue weighted by Gasteiger charge is 2.26. The maximum absolute atomic E-state index is 12.7. The van der Waals surface area contributed by atoms with Crippen molar-refractivity contribution in [2.75, 3.05) is 25.5 Å². The molecule has 1 saturated heterocycles. The van der Waals surface area contributed by atoms with E-state index in [9.17, 15) is 9.59 Å². The monoisotopic (exact) mass is 420 g/mol. The quantitative estimate of drug-likeness (QED) is 0.766. The van der Waals surface area contributed by atoms with Gasteiger partial charge in [-0.05, 0) is 43.9 Å². The van der Waals surface area contributed by atoms with Gasteiger partial charge in [0.1, 0.15) is 11.5 Å². The van der Waals surface area contributed by atoms with E-state index in [0.29, 0.717) is 33.8 Å². The average molecular weight is 421 g/mol. The number of carbonyl (C=O) groups excluding carboxylic acids is 2. The molecule has 2 heterocycles. The van der Waals surface area contributed by atoms with E-state index >= 15 is 0 Å². The summed E-state index contributed by atoms with van der Waals surface area (Å²) < 4.78 is 10.6. The van der Waals surface area contributed by atoms with Crippen LogP contribution in [-0.4, -0.2) is 42.0 Å². The molecule has 3 amide bonds. The van der Waals surface area contributed by atoms with Crippen molar-refractivity contribution in [3.05, 3.63) is 40.6 Å². The number of methoxy groups -OCH3 is 1. The zero-order valence-electron chi connectivity index (χ0n) is 16.8. The van der Waals surface area contributed by atoms with Gasteiger partial charge in [0.2, 0.25) is 5.89 Å². The van der Waals surface area contributed by atoms with Crippen LogP contribution in [0.3, 0.4) is 0 Å². The summed E-state index contributed by atoms with van der Waals surface area (Å²) in [5.41, 5.74) is 0.825. The van der Waals surface area contributed by atoms with Crippen LogP contribution in [0.2, 0.25) is 5.02 Å². The first kappa shape index (κ1) is 21.0. The van der Waals surface area contributed by atoms with Gasteiger partial charge in [0.25, 0.3) is 5.91 Å². The first-order chi connectivity index (χ1) is 13.9. The fraction of sp³-hybridized carbons (Fsp3) is 0.450. The topological polar surface area (TPSA) is 96.7 Å². The standard InChI is InChI=1S/C20H25ClN4O4/c1-12-6-8-25(9-7-12)19(26)18-13(2)29-17(24-18)11-22-20(27)23-14-4-5-16(28-3)15(21)10-14/h4-5,10,12H,6-9,11H2,1-3H3,(H2,22,23,27). The molecule has 1 aromatic carbocycles. The van der Waals surface area contributed by atoms with Crippen LogP contribution in [0.4, 0.5) is 10.5 Å². The van der Waals surface area contributed by atoms with E-state index in [2.05, 4.69) is 22.5 Å². The number of likely N-dealkylation sites (tertiary alicyclic amines) is 1. The van der Waals surface area contributed by atoms with Gasteiger partial charge in [0, 0.05) is 18.8 Å². The summed E-state index contributed by atoms with van der Waals surface area (Å²) in [6.45, 7) is 5.41. The van der Waals surface area contributed by atoms with Crippen molar-refractivity contribution in [1.29, 1.82) is 0 Å². The molecule has 0 spiro atoms. The zero-order valence-corrected chi connectivity index (χ0v) is 17.5. The summed E-state index contributed by atoms with van der Waals surface area (Å²) >= 11 is 6.05. The van der Waals surface area contributed by atoms with Gasteiger partial charge in [0.15, 0.2) is 5.69 Å². The third-order valence-corrected chi connectivity index (χ3v) is 5.22. The molecule has 0 bridgehead atoms. The number of benzene rings is 1. The molecule has 1 fully saturated rings. The number of urea groups is 1. The lowest BCUT2D eigenvalue weighted by Crippen LogP contribution is -2.38. The van der Waals surface area contributed by atoms with Crippen molar-refractivity contribution < 1.29 is 18.7 Å². The number of oxazole rings is 1. The SMILES string of the molecule is COc1ccc(NC(=O)NCc2nc(C(=O)N3CCC(C)CC3)c(C)o2)cc1Cl. The Balaban J connectivity index is 1.56. The highest BCUT2D eigenvalue weighted by molar-refractivity contribution is 6.32. The van der Waals surface area contributed by atoms with Crippen LogP contribution in [0.25, 0.3) is 0 Å². The van der Waals surface area contributed by atoms with Crippen molar-refractivity contribution >= 4 is 29.2 Å². The molecular formula is C20H25ClN4O4. The predicted molar refractivity (Wildman–Crippen MR) is 109 cm³/mol. The molecule has 0 atom stereocenters. The second-order valence-corrected chi connectivity index (χ2v) is 7.55. The number of carbonyl (C=O) groups is 2. The highest BCUT2D eigenvalue weighted by atomic mass is 35.5. The molecule has 0 saturated carbocycles. The van der Waals surface area contributed by atoms with Crippen LogP contribution >= 0.6 is 11.6 Å². The summed E-state index contributed by atoms with van der Waals surface area (Å²) in [6.07, 6.45) is 1.99. The number of anilines is 1.